The number of nitrogens with two attached hydrogens (primary N) is 1. The number of ether oxygens (including phenoxy) is 2. The van der Waals surface area contributed by atoms with E-state index < -0.39 is 11.8 Å². The molecule has 0 amide bonds. The molecule has 0 bridgehead atoms. The molecule has 9 nitrogen and oxygen atoms in total. The van der Waals surface area contributed by atoms with E-state index in [2.05, 4.69) is 27.7 Å². The van der Waals surface area contributed by atoms with Crippen LogP contribution in [0.4, 0.5) is 10.2 Å². The highest BCUT2D eigenvalue weighted by atomic mass is 35.5. The van der Waals surface area contributed by atoms with Crippen molar-refractivity contribution in [2.75, 3.05) is 58.3 Å². The van der Waals surface area contributed by atoms with Crippen LogP contribution in [-0.4, -0.2) is 96.7 Å². The van der Waals surface area contributed by atoms with Crippen molar-refractivity contribution < 1.29 is 13.9 Å². The summed E-state index contributed by atoms with van der Waals surface area (Å²) in [5, 5.41) is 0.793. The minimum atomic E-state index is -0.814. The molecule has 4 aliphatic heterocycles. The van der Waals surface area contributed by atoms with Gasteiger partial charge in [0.1, 0.15) is 18.6 Å². The third-order valence-corrected chi connectivity index (χ3v) is 11.1. The minimum absolute atomic E-state index is 0.0950. The SMILES string of the molecule is CC(C(N)=CC1=NCCCN(c2nc(OC[C@@]34CCCN3CC(F)C4)nc3c2CO[C@]2(CCc4c(Cl)cccc42)C3)C1)N(C)C. The van der Waals surface area contributed by atoms with Crippen LogP contribution < -0.4 is 15.4 Å². The number of aliphatic imine (C=N–C) groups is 1. The number of aromatic nitrogens is 2. The number of nitrogens with zero attached hydrogens (tertiary/aromatic N) is 6. The zero-order valence-electron chi connectivity index (χ0n) is 26.7. The number of hydrogen-bond donors (Lipinski definition) is 1. The molecule has 242 valence electrons. The first-order chi connectivity index (χ1) is 21.7. The maximum absolute atomic E-state index is 14.5. The van der Waals surface area contributed by atoms with E-state index in [1.807, 2.05) is 32.3 Å². The van der Waals surface area contributed by atoms with E-state index in [4.69, 9.17) is 41.8 Å². The van der Waals surface area contributed by atoms with Gasteiger partial charge < -0.3 is 25.0 Å². The summed E-state index contributed by atoms with van der Waals surface area (Å²) in [7, 11) is 4.04. The van der Waals surface area contributed by atoms with Crippen molar-refractivity contribution >= 4 is 23.1 Å². The van der Waals surface area contributed by atoms with Crippen LogP contribution in [0.15, 0.2) is 35.0 Å². The van der Waals surface area contributed by atoms with Crippen LogP contribution in [0, 0.1) is 0 Å². The van der Waals surface area contributed by atoms with Crippen molar-refractivity contribution in [2.45, 2.75) is 81.8 Å². The highest BCUT2D eigenvalue weighted by molar-refractivity contribution is 6.31. The van der Waals surface area contributed by atoms with Gasteiger partial charge in [0.25, 0.3) is 0 Å². The predicted octanol–water partition coefficient (Wildman–Crippen LogP) is 4.44. The Balaban J connectivity index is 1.23. The average molecular weight is 638 g/mol. The van der Waals surface area contributed by atoms with Crippen molar-refractivity contribution in [1.29, 1.82) is 0 Å². The summed E-state index contributed by atoms with van der Waals surface area (Å²) in [5.41, 5.74) is 11.7. The van der Waals surface area contributed by atoms with Gasteiger partial charge >= 0.3 is 6.01 Å². The van der Waals surface area contributed by atoms with Crippen LogP contribution in [-0.2, 0) is 29.8 Å². The van der Waals surface area contributed by atoms with Crippen LogP contribution in [0.25, 0.3) is 0 Å². The normalized spacial score (nSPS) is 29.0. The first-order valence-electron chi connectivity index (χ1n) is 16.4. The molecule has 2 fully saturated rings. The average Bonchev–Trinajstić information content (AvgIpc) is 3.60. The molecule has 5 aliphatic rings. The second-order valence-corrected chi connectivity index (χ2v) is 14.2. The Morgan fingerprint density at radius 1 is 1.24 bits per heavy atom. The topological polar surface area (TPSA) is 92.3 Å². The molecule has 1 spiro atoms. The van der Waals surface area contributed by atoms with Gasteiger partial charge in [0.15, 0.2) is 0 Å². The zero-order valence-corrected chi connectivity index (χ0v) is 27.5. The number of anilines is 1. The monoisotopic (exact) mass is 637 g/mol. The number of hydrogen-bond acceptors (Lipinski definition) is 9. The smallest absolute Gasteiger partial charge is 0.318 e. The summed E-state index contributed by atoms with van der Waals surface area (Å²) in [6, 6.07) is 6.56. The van der Waals surface area contributed by atoms with E-state index in [1.54, 1.807) is 0 Å². The molecule has 0 radical (unpaired) electrons. The van der Waals surface area contributed by atoms with Crippen molar-refractivity contribution in [2.24, 2.45) is 10.7 Å². The Morgan fingerprint density at radius 3 is 2.96 bits per heavy atom. The molecule has 2 N–H and O–H groups in total. The molecule has 1 aromatic carbocycles. The highest BCUT2D eigenvalue weighted by Crippen LogP contribution is 2.49. The number of likely N-dealkylation sites (N-methyl/N-ethyl adjacent to an activating group) is 1. The van der Waals surface area contributed by atoms with Gasteiger partial charge in [-0.15, -0.1) is 0 Å². The minimum Gasteiger partial charge on any atom is -0.461 e. The number of fused-ring (bicyclic) bond motifs is 4. The zero-order chi connectivity index (χ0) is 31.3. The fourth-order valence-corrected chi connectivity index (χ4v) is 8.29. The maximum Gasteiger partial charge on any atom is 0.318 e. The van der Waals surface area contributed by atoms with Gasteiger partial charge in [-0.2, -0.15) is 9.97 Å². The second-order valence-electron chi connectivity index (χ2n) is 13.8. The van der Waals surface area contributed by atoms with Crippen LogP contribution in [0.3, 0.4) is 0 Å². The predicted molar refractivity (Wildman–Crippen MR) is 175 cm³/mol. The van der Waals surface area contributed by atoms with E-state index in [0.717, 1.165) is 90.8 Å². The molecule has 1 aliphatic carbocycles. The van der Waals surface area contributed by atoms with Gasteiger partial charge in [0.05, 0.1) is 35.7 Å². The van der Waals surface area contributed by atoms with Crippen molar-refractivity contribution in [3.05, 3.63) is 57.4 Å². The molecule has 1 aromatic heterocycles. The molecule has 7 rings (SSSR count). The van der Waals surface area contributed by atoms with Crippen molar-refractivity contribution in [3.63, 3.8) is 0 Å². The molecule has 0 saturated carbocycles. The fourth-order valence-electron chi connectivity index (χ4n) is 8.02. The van der Waals surface area contributed by atoms with E-state index in [0.29, 0.717) is 45.2 Å². The first kappa shape index (κ1) is 30.8. The lowest BCUT2D eigenvalue weighted by molar-refractivity contribution is -0.0730. The van der Waals surface area contributed by atoms with Gasteiger partial charge in [-0.25, -0.2) is 4.39 Å². The van der Waals surface area contributed by atoms with Crippen LogP contribution in [0.2, 0.25) is 5.02 Å². The molecular weight excluding hydrogens is 593 g/mol. The largest absolute Gasteiger partial charge is 0.461 e. The van der Waals surface area contributed by atoms with Gasteiger partial charge in [0, 0.05) is 54.8 Å². The lowest BCUT2D eigenvalue weighted by Gasteiger charge is -2.37. The molecule has 2 aromatic rings. The van der Waals surface area contributed by atoms with Crippen molar-refractivity contribution in [1.82, 2.24) is 19.8 Å². The van der Waals surface area contributed by atoms with Crippen LogP contribution in [0.1, 0.15) is 61.4 Å². The Labute approximate surface area is 270 Å². The lowest BCUT2D eigenvalue weighted by Crippen LogP contribution is -2.43. The number of benzene rings is 1. The molecule has 45 heavy (non-hydrogen) atoms. The van der Waals surface area contributed by atoms with Gasteiger partial charge in [0.2, 0.25) is 0 Å². The molecule has 2 unspecified atom stereocenters. The number of alkyl halides is 1. The third kappa shape index (κ3) is 5.72. The maximum atomic E-state index is 14.5. The summed E-state index contributed by atoms with van der Waals surface area (Å²) >= 11 is 6.62. The first-order valence-corrected chi connectivity index (χ1v) is 16.8. The Morgan fingerprint density at radius 2 is 2.11 bits per heavy atom. The van der Waals surface area contributed by atoms with Crippen LogP contribution >= 0.6 is 11.6 Å². The van der Waals surface area contributed by atoms with E-state index in [-0.39, 0.29) is 11.6 Å². The summed E-state index contributed by atoms with van der Waals surface area (Å²) in [6.07, 6.45) is 6.94. The standard InChI is InChI=1S/C34H45ClFN7O2/c1-22(41(2)3)29(37)15-24-19-42(13-6-12-38-24)31-26-20-45-34(11-9-25-27(34)7-4-8-28(25)35)17-30(26)39-32(40-31)44-21-33-10-5-14-43(33)18-23(36)16-33/h4,7-8,15,22-23H,5-6,9-14,16-21,37H2,1-3H3/t22?,23?,33-,34+/m0/s1. The van der Waals surface area contributed by atoms with Crippen LogP contribution in [0.5, 0.6) is 6.01 Å². The Hall–Kier alpha value is -2.79. The summed E-state index contributed by atoms with van der Waals surface area (Å²) < 4.78 is 27.8. The third-order valence-electron chi connectivity index (χ3n) is 10.8. The number of rotatable bonds is 7. The molecule has 5 heterocycles. The van der Waals surface area contributed by atoms with Crippen molar-refractivity contribution in [3.8, 4) is 6.01 Å². The van der Waals surface area contributed by atoms with Gasteiger partial charge in [-0.3, -0.25) is 9.89 Å². The van der Waals surface area contributed by atoms with Gasteiger partial charge in [-0.1, -0.05) is 23.7 Å². The quantitative estimate of drug-likeness (QED) is 0.477. The highest BCUT2D eigenvalue weighted by Gasteiger charge is 2.50. The summed E-state index contributed by atoms with van der Waals surface area (Å²) in [4.78, 5) is 21.6. The van der Waals surface area contributed by atoms with Gasteiger partial charge in [-0.05, 0) is 82.9 Å². The van der Waals surface area contributed by atoms with E-state index in [9.17, 15) is 4.39 Å². The second kappa shape index (κ2) is 12.1. The lowest BCUT2D eigenvalue weighted by atomic mass is 9.87. The molecular formula is C34H45ClFN7O2. The number of halogens is 2. The summed E-state index contributed by atoms with van der Waals surface area (Å²) in [5.74, 6) is 0.826. The molecule has 2 saturated heterocycles. The fraction of sp³-hybridized carbons (Fsp3) is 0.618. The Kier molecular flexibility index (Phi) is 8.29. The van der Waals surface area contributed by atoms with E-state index in [1.165, 1.54) is 5.56 Å². The molecule has 11 heteroatoms. The summed E-state index contributed by atoms with van der Waals surface area (Å²) in [6.45, 7) is 6.38. The molecule has 4 atom stereocenters. The van der Waals surface area contributed by atoms with E-state index >= 15 is 0 Å². The Bertz CT molecular complexity index is 1520.